The molecule has 0 bridgehead atoms. The van der Waals surface area contributed by atoms with Gasteiger partial charge in [0.2, 0.25) is 5.91 Å². The molecule has 0 aliphatic heterocycles. The van der Waals surface area contributed by atoms with Crippen LogP contribution in [0.5, 0.6) is 0 Å². The minimum absolute atomic E-state index is 0.0899. The number of carbonyl (C=O) groups excluding carboxylic acids is 1. The van der Waals surface area contributed by atoms with Gasteiger partial charge in [-0.1, -0.05) is 93.2 Å². The maximum absolute atomic E-state index is 13.4. The molecule has 0 saturated heterocycles. The lowest BCUT2D eigenvalue weighted by molar-refractivity contribution is -0.129. The number of aromatic nitrogens is 3. The summed E-state index contributed by atoms with van der Waals surface area (Å²) in [6.07, 6.45) is 3.54. The molecule has 2 heterocycles. The van der Waals surface area contributed by atoms with Gasteiger partial charge in [0.15, 0.2) is 11.0 Å². The first-order valence-corrected chi connectivity index (χ1v) is 15.1. The Labute approximate surface area is 234 Å². The van der Waals surface area contributed by atoms with Gasteiger partial charge in [0.1, 0.15) is 0 Å². The highest BCUT2D eigenvalue weighted by atomic mass is 32.2. The molecule has 1 atom stereocenters. The fourth-order valence-electron chi connectivity index (χ4n) is 5.09. The maximum Gasteiger partial charge on any atom is 0.233 e. The van der Waals surface area contributed by atoms with Crippen LogP contribution in [0, 0.1) is 11.3 Å². The van der Waals surface area contributed by atoms with E-state index in [4.69, 9.17) is 0 Å². The molecule has 1 amide bonds. The van der Waals surface area contributed by atoms with Crippen LogP contribution < -0.4 is 0 Å². The number of thioether (sulfide) groups is 1. The van der Waals surface area contributed by atoms with Crippen molar-refractivity contribution in [3.05, 3.63) is 88.3 Å². The molecule has 0 radical (unpaired) electrons. The molecule has 5 rings (SSSR count). The van der Waals surface area contributed by atoms with Crippen molar-refractivity contribution in [2.75, 3.05) is 5.75 Å². The van der Waals surface area contributed by atoms with Crippen molar-refractivity contribution in [1.29, 1.82) is 0 Å². The minimum atomic E-state index is 0.0899. The Kier molecular flexibility index (Phi) is 8.05. The number of hydrogen-bond donors (Lipinski definition) is 0. The number of fused-ring (bicyclic) bond motifs is 1. The maximum atomic E-state index is 13.4. The van der Waals surface area contributed by atoms with Crippen molar-refractivity contribution >= 4 is 29.0 Å². The van der Waals surface area contributed by atoms with E-state index < -0.39 is 0 Å². The molecule has 5 nitrogen and oxygen atoms in total. The number of aryl methyl sites for hydroxylation is 1. The minimum Gasteiger partial charge on any atom is -0.333 e. The smallest absolute Gasteiger partial charge is 0.233 e. The zero-order valence-corrected chi connectivity index (χ0v) is 24.3. The van der Waals surface area contributed by atoms with Crippen molar-refractivity contribution in [2.24, 2.45) is 18.4 Å². The highest BCUT2D eigenvalue weighted by Crippen LogP contribution is 2.42. The molecule has 0 spiro atoms. The van der Waals surface area contributed by atoms with Gasteiger partial charge in [0.05, 0.1) is 10.6 Å². The van der Waals surface area contributed by atoms with Gasteiger partial charge < -0.3 is 9.47 Å². The van der Waals surface area contributed by atoms with Gasteiger partial charge in [0, 0.05) is 25.0 Å². The van der Waals surface area contributed by atoms with Crippen LogP contribution in [0.25, 0.3) is 10.7 Å². The topological polar surface area (TPSA) is 51.0 Å². The Morgan fingerprint density at radius 2 is 1.66 bits per heavy atom. The normalized spacial score (nSPS) is 15.3. The van der Waals surface area contributed by atoms with E-state index in [9.17, 15) is 4.79 Å². The van der Waals surface area contributed by atoms with Crippen LogP contribution in [0.4, 0.5) is 0 Å². The summed E-state index contributed by atoms with van der Waals surface area (Å²) < 4.78 is 2.04. The van der Waals surface area contributed by atoms with Gasteiger partial charge in [-0.2, -0.15) is 0 Å². The quantitative estimate of drug-likeness (QED) is 0.224. The van der Waals surface area contributed by atoms with E-state index in [-0.39, 0.29) is 5.91 Å². The van der Waals surface area contributed by atoms with E-state index in [1.54, 1.807) is 0 Å². The molecular formula is C31H36N4OS2. The van der Waals surface area contributed by atoms with Crippen LogP contribution in [0.2, 0.25) is 0 Å². The lowest BCUT2D eigenvalue weighted by atomic mass is 9.72. The summed E-state index contributed by atoms with van der Waals surface area (Å²) in [4.78, 5) is 18.0. The third kappa shape index (κ3) is 6.21. The second kappa shape index (κ2) is 11.5. The lowest BCUT2D eigenvalue weighted by Gasteiger charge is -2.33. The molecule has 198 valence electrons. The molecule has 2 aromatic heterocycles. The van der Waals surface area contributed by atoms with Crippen molar-refractivity contribution in [1.82, 2.24) is 19.7 Å². The van der Waals surface area contributed by atoms with E-state index >= 15 is 0 Å². The molecule has 0 N–H and O–H groups in total. The Morgan fingerprint density at radius 1 is 1.03 bits per heavy atom. The van der Waals surface area contributed by atoms with Crippen molar-refractivity contribution in [3.63, 3.8) is 0 Å². The van der Waals surface area contributed by atoms with Crippen LogP contribution in [0.1, 0.15) is 48.8 Å². The summed E-state index contributed by atoms with van der Waals surface area (Å²) >= 11 is 3.31. The SMILES string of the molecule is Cn1c(SCC(=O)N(Cc2ccccc2)Cc2ccccc2)nnc1-c1cc2c(s1)CC[C@H](C(C)(C)C)C2. The third-order valence-corrected chi connectivity index (χ3v) is 9.71. The van der Waals surface area contributed by atoms with Gasteiger partial charge in [0.25, 0.3) is 0 Å². The largest absolute Gasteiger partial charge is 0.333 e. The van der Waals surface area contributed by atoms with Crippen LogP contribution in [0.15, 0.2) is 71.9 Å². The highest BCUT2D eigenvalue weighted by Gasteiger charge is 2.30. The van der Waals surface area contributed by atoms with Crippen molar-refractivity contribution in [3.8, 4) is 10.7 Å². The van der Waals surface area contributed by atoms with E-state index in [1.807, 2.05) is 64.2 Å². The average molecular weight is 545 g/mol. The molecule has 2 aromatic carbocycles. The number of thiophene rings is 1. The number of rotatable bonds is 8. The summed E-state index contributed by atoms with van der Waals surface area (Å²) in [6.45, 7) is 8.21. The first kappa shape index (κ1) is 26.7. The molecule has 4 aromatic rings. The number of benzene rings is 2. The number of amides is 1. The van der Waals surface area contributed by atoms with Crippen LogP contribution >= 0.6 is 23.1 Å². The van der Waals surface area contributed by atoms with Crippen LogP contribution in [0.3, 0.4) is 0 Å². The number of carbonyl (C=O) groups is 1. The van der Waals surface area contributed by atoms with Gasteiger partial charge >= 0.3 is 0 Å². The monoisotopic (exact) mass is 544 g/mol. The summed E-state index contributed by atoms with van der Waals surface area (Å²) in [6, 6.07) is 22.7. The molecule has 38 heavy (non-hydrogen) atoms. The molecule has 1 aliphatic carbocycles. The molecule has 0 unspecified atom stereocenters. The number of nitrogens with zero attached hydrogens (tertiary/aromatic N) is 4. The summed E-state index contributed by atoms with van der Waals surface area (Å²) in [5.41, 5.74) is 4.05. The van der Waals surface area contributed by atoms with Crippen molar-refractivity contribution < 1.29 is 4.79 Å². The Morgan fingerprint density at radius 3 is 2.26 bits per heavy atom. The molecule has 7 heteroatoms. The molecular weight excluding hydrogens is 509 g/mol. The fraction of sp³-hybridized carbons (Fsp3) is 0.387. The van der Waals surface area contributed by atoms with Gasteiger partial charge in [-0.3, -0.25) is 4.79 Å². The zero-order chi connectivity index (χ0) is 26.7. The first-order valence-electron chi connectivity index (χ1n) is 13.3. The lowest BCUT2D eigenvalue weighted by Crippen LogP contribution is -2.31. The standard InChI is InChI=1S/C31H36N4OS2/c1-31(2,3)25-15-16-26-24(17-25)18-27(38-26)29-32-33-30(34(29)4)37-21-28(36)35(19-22-11-7-5-8-12-22)20-23-13-9-6-10-14-23/h5-14,18,25H,15-17,19-21H2,1-4H3/t25-/m0/s1. The second-order valence-electron chi connectivity index (χ2n) is 11.2. The summed E-state index contributed by atoms with van der Waals surface area (Å²) in [7, 11) is 2.00. The summed E-state index contributed by atoms with van der Waals surface area (Å²) in [5, 5.41) is 9.77. The van der Waals surface area contributed by atoms with Crippen LogP contribution in [-0.2, 0) is 37.8 Å². The first-order chi connectivity index (χ1) is 18.3. The zero-order valence-electron chi connectivity index (χ0n) is 22.7. The Balaban J connectivity index is 1.27. The molecule has 0 saturated carbocycles. The Bertz CT molecular complexity index is 1330. The van der Waals surface area contributed by atoms with E-state index in [2.05, 4.69) is 61.3 Å². The second-order valence-corrected chi connectivity index (χ2v) is 13.3. The van der Waals surface area contributed by atoms with Crippen LogP contribution in [-0.4, -0.2) is 31.3 Å². The predicted octanol–water partition coefficient (Wildman–Crippen LogP) is 7.02. The predicted molar refractivity (Wildman–Crippen MR) is 157 cm³/mol. The van der Waals surface area contributed by atoms with Gasteiger partial charge in [-0.25, -0.2) is 0 Å². The fourth-order valence-corrected chi connectivity index (χ4v) is 7.13. The molecule has 0 fully saturated rings. The van der Waals surface area contributed by atoms with Crippen molar-refractivity contribution in [2.45, 2.75) is 58.3 Å². The summed E-state index contributed by atoms with van der Waals surface area (Å²) in [5.74, 6) is 2.01. The van der Waals surface area contributed by atoms with E-state index in [0.29, 0.717) is 30.2 Å². The Hall–Kier alpha value is -2.90. The van der Waals surface area contributed by atoms with Gasteiger partial charge in [-0.05, 0) is 53.4 Å². The van der Waals surface area contributed by atoms with Gasteiger partial charge in [-0.15, -0.1) is 21.5 Å². The third-order valence-electron chi connectivity index (χ3n) is 7.47. The van der Waals surface area contributed by atoms with E-state index in [1.165, 1.54) is 33.5 Å². The molecule has 1 aliphatic rings. The van der Waals surface area contributed by atoms with E-state index in [0.717, 1.165) is 34.9 Å². The average Bonchev–Trinajstić information content (AvgIpc) is 3.50. The number of hydrogen-bond acceptors (Lipinski definition) is 5. The highest BCUT2D eigenvalue weighted by molar-refractivity contribution is 7.99.